The Kier molecular flexibility index (Phi) is 6.16. The van der Waals surface area contributed by atoms with Crippen molar-refractivity contribution in [2.24, 2.45) is 0 Å². The number of methoxy groups -OCH3 is 1. The number of amides is 1. The number of carbonyl (C=O) groups excluding carboxylic acids is 1. The monoisotopic (exact) mass is 451 g/mol. The van der Waals surface area contributed by atoms with Crippen molar-refractivity contribution in [1.29, 1.82) is 0 Å². The molecule has 1 amide bonds. The van der Waals surface area contributed by atoms with E-state index in [4.69, 9.17) is 9.72 Å². The first kappa shape index (κ1) is 21.6. The lowest BCUT2D eigenvalue weighted by Crippen LogP contribution is -2.24. The van der Waals surface area contributed by atoms with Crippen molar-refractivity contribution in [2.75, 3.05) is 12.4 Å². The van der Waals surface area contributed by atoms with Crippen LogP contribution in [0.2, 0.25) is 0 Å². The number of rotatable bonds is 6. The molecule has 0 spiro atoms. The molecule has 31 heavy (non-hydrogen) atoms. The van der Waals surface area contributed by atoms with E-state index in [0.717, 1.165) is 32.1 Å². The molecule has 0 bridgehead atoms. The van der Waals surface area contributed by atoms with Crippen LogP contribution >= 0.6 is 23.1 Å². The highest BCUT2D eigenvalue weighted by Crippen LogP contribution is 2.32. The molecule has 0 aliphatic carbocycles. The van der Waals surface area contributed by atoms with Crippen molar-refractivity contribution in [3.05, 3.63) is 53.1 Å². The van der Waals surface area contributed by atoms with Crippen LogP contribution in [0.1, 0.15) is 30.0 Å². The van der Waals surface area contributed by atoms with Gasteiger partial charge in [-0.3, -0.25) is 4.79 Å². The normalized spacial score (nSPS) is 12.3. The van der Waals surface area contributed by atoms with E-state index in [0.29, 0.717) is 11.6 Å². The van der Waals surface area contributed by atoms with E-state index in [1.165, 1.54) is 39.6 Å². The fraction of sp³-hybridized carbons (Fsp3) is 0.292. The van der Waals surface area contributed by atoms with Crippen molar-refractivity contribution in [3.63, 3.8) is 0 Å². The maximum atomic E-state index is 13.0. The van der Waals surface area contributed by atoms with Gasteiger partial charge in [0.15, 0.2) is 5.13 Å². The molecule has 2 heterocycles. The molecule has 1 N–H and O–H groups in total. The number of aromatic nitrogens is 2. The first-order valence-electron chi connectivity index (χ1n) is 10.2. The van der Waals surface area contributed by atoms with Crippen molar-refractivity contribution in [1.82, 2.24) is 9.97 Å². The number of thioether (sulfide) groups is 1. The number of nitrogens with zero attached hydrogens (tertiary/aromatic N) is 2. The lowest BCUT2D eigenvalue weighted by molar-refractivity contribution is -0.115. The fourth-order valence-electron chi connectivity index (χ4n) is 3.61. The first-order valence-corrected chi connectivity index (χ1v) is 11.9. The van der Waals surface area contributed by atoms with E-state index in [-0.39, 0.29) is 11.2 Å². The lowest BCUT2D eigenvalue weighted by atomic mass is 10.0. The van der Waals surface area contributed by atoms with E-state index in [1.807, 2.05) is 25.1 Å². The van der Waals surface area contributed by atoms with Crippen molar-refractivity contribution < 1.29 is 9.53 Å². The molecule has 7 heteroatoms. The first-order chi connectivity index (χ1) is 14.9. The number of aryl methyl sites for hydroxylation is 3. The van der Waals surface area contributed by atoms with Crippen molar-refractivity contribution in [3.8, 4) is 5.75 Å². The number of pyridine rings is 1. The summed E-state index contributed by atoms with van der Waals surface area (Å²) in [5.41, 5.74) is 5.41. The van der Waals surface area contributed by atoms with Gasteiger partial charge in [-0.2, -0.15) is 0 Å². The van der Waals surface area contributed by atoms with Gasteiger partial charge in [0, 0.05) is 5.39 Å². The number of thiazole rings is 1. The third-order valence-electron chi connectivity index (χ3n) is 5.18. The van der Waals surface area contributed by atoms with Crippen LogP contribution in [0.4, 0.5) is 5.13 Å². The molecule has 0 fully saturated rings. The highest BCUT2D eigenvalue weighted by molar-refractivity contribution is 8.00. The Morgan fingerprint density at radius 3 is 2.68 bits per heavy atom. The van der Waals surface area contributed by atoms with Crippen LogP contribution in [0.15, 0.2) is 41.4 Å². The third-order valence-corrected chi connectivity index (χ3v) is 7.40. The molecule has 4 aromatic rings. The van der Waals surface area contributed by atoms with Gasteiger partial charge in [0.25, 0.3) is 0 Å². The second-order valence-electron chi connectivity index (χ2n) is 7.61. The predicted octanol–water partition coefficient (Wildman–Crippen LogP) is 6.29. The lowest BCUT2D eigenvalue weighted by Gasteiger charge is -2.15. The number of benzene rings is 2. The molecule has 160 valence electrons. The largest absolute Gasteiger partial charge is 0.497 e. The number of anilines is 1. The smallest absolute Gasteiger partial charge is 0.239 e. The van der Waals surface area contributed by atoms with Gasteiger partial charge in [-0.25, -0.2) is 9.97 Å². The van der Waals surface area contributed by atoms with Gasteiger partial charge in [0.2, 0.25) is 5.91 Å². The maximum Gasteiger partial charge on any atom is 0.239 e. The standard InChI is InChI=1S/C24H25N3O2S2/c1-6-19(23(28)27-24-25-18-8-7-16(29-5)12-20(18)31-24)30-21-11-14(3)17-10-13(2)9-15(4)22(17)26-21/h7-12,19H,6H2,1-5H3,(H,25,27,28). The Hall–Kier alpha value is -2.64. The maximum absolute atomic E-state index is 13.0. The summed E-state index contributed by atoms with van der Waals surface area (Å²) in [4.78, 5) is 22.4. The third kappa shape index (κ3) is 4.52. The topological polar surface area (TPSA) is 64.1 Å². The molecule has 0 radical (unpaired) electrons. The van der Waals surface area contributed by atoms with Crippen LogP contribution in [-0.4, -0.2) is 28.2 Å². The Morgan fingerprint density at radius 1 is 1.13 bits per heavy atom. The van der Waals surface area contributed by atoms with Gasteiger partial charge < -0.3 is 10.1 Å². The van der Waals surface area contributed by atoms with Crippen LogP contribution in [-0.2, 0) is 4.79 Å². The summed E-state index contributed by atoms with van der Waals surface area (Å²) < 4.78 is 6.25. The van der Waals surface area contributed by atoms with E-state index >= 15 is 0 Å². The van der Waals surface area contributed by atoms with Crippen LogP contribution in [0, 0.1) is 20.8 Å². The minimum atomic E-state index is -0.253. The average Bonchev–Trinajstić information content (AvgIpc) is 3.13. The number of hydrogen-bond acceptors (Lipinski definition) is 6. The zero-order chi connectivity index (χ0) is 22.1. The summed E-state index contributed by atoms with van der Waals surface area (Å²) in [7, 11) is 1.64. The summed E-state index contributed by atoms with van der Waals surface area (Å²) in [5.74, 6) is 0.720. The van der Waals surface area contributed by atoms with Crippen LogP contribution in [0.25, 0.3) is 21.1 Å². The number of carbonyl (C=O) groups is 1. The Bertz CT molecular complexity index is 1280. The molecular weight excluding hydrogens is 426 g/mol. The van der Waals surface area contributed by atoms with Gasteiger partial charge in [-0.05, 0) is 68.7 Å². The number of ether oxygens (including phenoxy) is 1. The van der Waals surface area contributed by atoms with Gasteiger partial charge in [-0.1, -0.05) is 41.7 Å². The summed E-state index contributed by atoms with van der Waals surface area (Å²) in [6, 6.07) is 12.1. The SMILES string of the molecule is CCC(Sc1cc(C)c2cc(C)cc(C)c2n1)C(=O)Nc1nc2ccc(OC)cc2s1. The molecule has 5 nitrogen and oxygen atoms in total. The zero-order valence-electron chi connectivity index (χ0n) is 18.3. The quantitative estimate of drug-likeness (QED) is 0.349. The number of nitrogens with one attached hydrogen (secondary N) is 1. The number of hydrogen-bond donors (Lipinski definition) is 1. The summed E-state index contributed by atoms with van der Waals surface area (Å²) >= 11 is 2.95. The Labute approximate surface area is 190 Å². The Balaban J connectivity index is 1.55. The van der Waals surface area contributed by atoms with Crippen molar-refractivity contribution in [2.45, 2.75) is 44.4 Å². The molecule has 0 saturated carbocycles. The molecule has 0 aliphatic rings. The molecule has 2 aromatic carbocycles. The zero-order valence-corrected chi connectivity index (χ0v) is 19.9. The second kappa shape index (κ2) is 8.85. The van der Waals surface area contributed by atoms with Crippen LogP contribution < -0.4 is 10.1 Å². The van der Waals surface area contributed by atoms with E-state index in [2.05, 4.69) is 49.3 Å². The van der Waals surface area contributed by atoms with Crippen molar-refractivity contribution >= 4 is 55.3 Å². The second-order valence-corrected chi connectivity index (χ2v) is 9.87. The minimum absolute atomic E-state index is 0.0568. The van der Waals surface area contributed by atoms with Gasteiger partial charge in [0.1, 0.15) is 5.75 Å². The van der Waals surface area contributed by atoms with Gasteiger partial charge >= 0.3 is 0 Å². The van der Waals surface area contributed by atoms with Crippen LogP contribution in [0.3, 0.4) is 0 Å². The molecule has 2 aromatic heterocycles. The molecule has 0 saturated heterocycles. The highest BCUT2D eigenvalue weighted by Gasteiger charge is 2.21. The predicted molar refractivity (Wildman–Crippen MR) is 131 cm³/mol. The molecule has 1 atom stereocenters. The molecule has 1 unspecified atom stereocenters. The summed E-state index contributed by atoms with van der Waals surface area (Å²) in [6.07, 6.45) is 0.695. The number of fused-ring (bicyclic) bond motifs is 2. The highest BCUT2D eigenvalue weighted by atomic mass is 32.2. The van der Waals surface area contributed by atoms with E-state index in [1.54, 1.807) is 7.11 Å². The molecule has 0 aliphatic heterocycles. The Morgan fingerprint density at radius 2 is 1.94 bits per heavy atom. The average molecular weight is 452 g/mol. The summed E-state index contributed by atoms with van der Waals surface area (Å²) in [5, 5.41) is 5.37. The van der Waals surface area contributed by atoms with Crippen LogP contribution in [0.5, 0.6) is 5.75 Å². The molecule has 4 rings (SSSR count). The minimum Gasteiger partial charge on any atom is -0.497 e. The van der Waals surface area contributed by atoms with E-state index in [9.17, 15) is 4.79 Å². The van der Waals surface area contributed by atoms with Gasteiger partial charge in [0.05, 0.1) is 33.1 Å². The fourth-order valence-corrected chi connectivity index (χ4v) is 5.52. The van der Waals surface area contributed by atoms with Gasteiger partial charge in [-0.15, -0.1) is 0 Å². The van der Waals surface area contributed by atoms with E-state index < -0.39 is 0 Å². The molecular formula is C24H25N3O2S2. The summed E-state index contributed by atoms with van der Waals surface area (Å²) in [6.45, 7) is 8.30.